The summed E-state index contributed by atoms with van der Waals surface area (Å²) in [6, 6.07) is 4.35. The van der Waals surface area contributed by atoms with E-state index in [1.807, 2.05) is 0 Å². The Morgan fingerprint density at radius 3 is 3.00 bits per heavy atom. The fraction of sp³-hybridized carbons (Fsp3) is 0. The van der Waals surface area contributed by atoms with Gasteiger partial charge in [0.15, 0.2) is 11.6 Å². The van der Waals surface area contributed by atoms with Crippen LogP contribution in [0.1, 0.15) is 15.9 Å². The van der Waals surface area contributed by atoms with Crippen molar-refractivity contribution in [3.05, 3.63) is 53.9 Å². The molecule has 5 nitrogen and oxygen atoms in total. The molecule has 0 amide bonds. The lowest BCUT2D eigenvalue weighted by atomic mass is 10.0. The van der Waals surface area contributed by atoms with Gasteiger partial charge in [-0.25, -0.2) is 14.4 Å². The van der Waals surface area contributed by atoms with Crippen LogP contribution in [0.25, 0.3) is 11.0 Å². The molecule has 0 bridgehead atoms. The van der Waals surface area contributed by atoms with Crippen LogP contribution < -0.4 is 5.73 Å². The van der Waals surface area contributed by atoms with Crippen LogP contribution in [0.2, 0.25) is 0 Å². The third kappa shape index (κ3) is 1.74. The molecule has 94 valence electrons. The predicted molar refractivity (Wildman–Crippen MR) is 68.1 cm³/mol. The molecule has 0 spiro atoms. The van der Waals surface area contributed by atoms with Gasteiger partial charge in [0.25, 0.3) is 0 Å². The summed E-state index contributed by atoms with van der Waals surface area (Å²) in [5, 5.41) is 0.550. The summed E-state index contributed by atoms with van der Waals surface area (Å²) in [7, 11) is 0. The number of nitrogens with two attached hydrogens (primary N) is 1. The van der Waals surface area contributed by atoms with Crippen molar-refractivity contribution in [2.45, 2.75) is 0 Å². The van der Waals surface area contributed by atoms with E-state index < -0.39 is 11.6 Å². The minimum Gasteiger partial charge on any atom is -0.396 e. The molecule has 2 heterocycles. The topological polar surface area (TPSA) is 84.7 Å². The van der Waals surface area contributed by atoms with Crippen molar-refractivity contribution < 1.29 is 9.18 Å². The summed E-state index contributed by atoms with van der Waals surface area (Å²) in [6.45, 7) is 0. The number of hydrogen-bond donors (Lipinski definition) is 2. The first kappa shape index (κ1) is 11.3. The van der Waals surface area contributed by atoms with Gasteiger partial charge in [-0.15, -0.1) is 0 Å². The molecule has 0 radical (unpaired) electrons. The molecule has 6 heteroatoms. The summed E-state index contributed by atoms with van der Waals surface area (Å²) < 4.78 is 13.9. The van der Waals surface area contributed by atoms with Crippen molar-refractivity contribution in [3.63, 3.8) is 0 Å². The normalized spacial score (nSPS) is 10.8. The van der Waals surface area contributed by atoms with Gasteiger partial charge in [0.1, 0.15) is 12.0 Å². The van der Waals surface area contributed by atoms with Crippen LogP contribution in [0.3, 0.4) is 0 Å². The van der Waals surface area contributed by atoms with E-state index in [1.165, 1.54) is 36.9 Å². The van der Waals surface area contributed by atoms with Gasteiger partial charge >= 0.3 is 0 Å². The molecule has 2 aromatic heterocycles. The first-order valence-corrected chi connectivity index (χ1v) is 5.54. The van der Waals surface area contributed by atoms with Crippen LogP contribution >= 0.6 is 0 Å². The molecule has 1 aromatic carbocycles. The quantitative estimate of drug-likeness (QED) is 0.541. The second kappa shape index (κ2) is 4.16. The van der Waals surface area contributed by atoms with Gasteiger partial charge < -0.3 is 10.7 Å². The SMILES string of the molecule is Nc1cccc(C(=O)c2c[nH]c3ncncc23)c1F. The Hall–Kier alpha value is -2.76. The van der Waals surface area contributed by atoms with Crippen molar-refractivity contribution in [2.75, 3.05) is 5.73 Å². The van der Waals surface area contributed by atoms with Crippen LogP contribution in [-0.2, 0) is 0 Å². The Morgan fingerprint density at radius 1 is 1.32 bits per heavy atom. The number of fused-ring (bicyclic) bond motifs is 1. The van der Waals surface area contributed by atoms with Crippen molar-refractivity contribution in [1.29, 1.82) is 0 Å². The van der Waals surface area contributed by atoms with Crippen LogP contribution in [0.5, 0.6) is 0 Å². The number of carbonyl (C=O) groups is 1. The number of H-pyrrole nitrogens is 1. The average molecular weight is 256 g/mol. The number of aromatic nitrogens is 3. The summed E-state index contributed by atoms with van der Waals surface area (Å²) >= 11 is 0. The lowest BCUT2D eigenvalue weighted by Crippen LogP contribution is -2.06. The molecular weight excluding hydrogens is 247 g/mol. The zero-order valence-electron chi connectivity index (χ0n) is 9.72. The maximum Gasteiger partial charge on any atom is 0.198 e. The minimum absolute atomic E-state index is 0.0538. The summed E-state index contributed by atoms with van der Waals surface area (Å²) in [6.07, 6.45) is 4.37. The van der Waals surface area contributed by atoms with E-state index in [9.17, 15) is 9.18 Å². The highest BCUT2D eigenvalue weighted by atomic mass is 19.1. The van der Waals surface area contributed by atoms with Crippen LogP contribution in [0.15, 0.2) is 36.9 Å². The monoisotopic (exact) mass is 256 g/mol. The average Bonchev–Trinajstić information content (AvgIpc) is 2.85. The largest absolute Gasteiger partial charge is 0.396 e. The Balaban J connectivity index is 2.17. The number of carbonyl (C=O) groups excluding carboxylic acids is 1. The van der Waals surface area contributed by atoms with Gasteiger partial charge in [-0.05, 0) is 12.1 Å². The first-order chi connectivity index (χ1) is 9.18. The third-order valence-corrected chi connectivity index (χ3v) is 2.87. The van der Waals surface area contributed by atoms with E-state index >= 15 is 0 Å². The lowest BCUT2D eigenvalue weighted by molar-refractivity contribution is 0.103. The molecular formula is C13H9FN4O. The van der Waals surface area contributed by atoms with Gasteiger partial charge in [0.05, 0.1) is 16.8 Å². The summed E-state index contributed by atoms with van der Waals surface area (Å²) in [5.41, 5.74) is 6.20. The van der Waals surface area contributed by atoms with Gasteiger partial charge in [-0.1, -0.05) is 6.07 Å². The molecule has 3 rings (SSSR count). The maximum atomic E-state index is 13.9. The van der Waals surface area contributed by atoms with E-state index in [0.717, 1.165) is 0 Å². The van der Waals surface area contributed by atoms with Crippen molar-refractivity contribution in [3.8, 4) is 0 Å². The Labute approximate surface area is 107 Å². The number of nitrogen functional groups attached to an aromatic ring is 1. The molecule has 19 heavy (non-hydrogen) atoms. The molecule has 0 atom stereocenters. The Kier molecular flexibility index (Phi) is 2.49. The first-order valence-electron chi connectivity index (χ1n) is 5.54. The molecule has 0 saturated carbocycles. The predicted octanol–water partition coefficient (Wildman–Crippen LogP) is 1.91. The van der Waals surface area contributed by atoms with Crippen molar-refractivity contribution >= 4 is 22.5 Å². The molecule has 0 aliphatic carbocycles. The van der Waals surface area contributed by atoms with E-state index in [-0.39, 0.29) is 11.3 Å². The number of benzene rings is 1. The molecule has 3 aromatic rings. The molecule has 0 saturated heterocycles. The fourth-order valence-electron chi connectivity index (χ4n) is 1.92. The molecule has 0 aliphatic heterocycles. The number of hydrogen-bond acceptors (Lipinski definition) is 4. The second-order valence-electron chi connectivity index (χ2n) is 4.03. The van der Waals surface area contributed by atoms with E-state index in [2.05, 4.69) is 15.0 Å². The van der Waals surface area contributed by atoms with E-state index in [1.54, 1.807) is 0 Å². The van der Waals surface area contributed by atoms with Gasteiger partial charge in [-0.3, -0.25) is 4.79 Å². The third-order valence-electron chi connectivity index (χ3n) is 2.87. The molecule has 0 fully saturated rings. The van der Waals surface area contributed by atoms with Crippen molar-refractivity contribution in [1.82, 2.24) is 15.0 Å². The standard InChI is InChI=1S/C13H9FN4O/c14-11-7(2-1-3-10(11)15)12(19)8-5-17-13-9(8)4-16-6-18-13/h1-6H,15H2,(H,16,17,18). The lowest BCUT2D eigenvalue weighted by Gasteiger charge is -2.03. The van der Waals surface area contributed by atoms with E-state index in [4.69, 9.17) is 5.73 Å². The molecule has 0 aliphatic rings. The number of aromatic amines is 1. The number of nitrogens with zero attached hydrogens (tertiary/aromatic N) is 2. The van der Waals surface area contributed by atoms with Gasteiger partial charge in [0, 0.05) is 17.8 Å². The second-order valence-corrected chi connectivity index (χ2v) is 4.03. The zero-order chi connectivity index (χ0) is 13.4. The van der Waals surface area contributed by atoms with Gasteiger partial charge in [0.2, 0.25) is 0 Å². The van der Waals surface area contributed by atoms with E-state index in [0.29, 0.717) is 16.6 Å². The smallest absolute Gasteiger partial charge is 0.198 e. The number of nitrogens with one attached hydrogen (secondary N) is 1. The maximum absolute atomic E-state index is 13.9. The molecule has 0 unspecified atom stereocenters. The highest BCUT2D eigenvalue weighted by Gasteiger charge is 2.19. The van der Waals surface area contributed by atoms with Crippen LogP contribution in [0, 0.1) is 5.82 Å². The Bertz CT molecular complexity index is 781. The Morgan fingerprint density at radius 2 is 2.16 bits per heavy atom. The number of rotatable bonds is 2. The number of ketones is 1. The fourth-order valence-corrected chi connectivity index (χ4v) is 1.92. The minimum atomic E-state index is -0.710. The summed E-state index contributed by atoms with van der Waals surface area (Å²) in [5.74, 6) is -1.16. The van der Waals surface area contributed by atoms with Crippen molar-refractivity contribution in [2.24, 2.45) is 0 Å². The number of halogens is 1. The summed E-state index contributed by atoms with van der Waals surface area (Å²) in [4.78, 5) is 23.0. The number of anilines is 1. The van der Waals surface area contributed by atoms with Crippen LogP contribution in [-0.4, -0.2) is 20.7 Å². The van der Waals surface area contributed by atoms with Gasteiger partial charge in [-0.2, -0.15) is 0 Å². The zero-order valence-corrected chi connectivity index (χ0v) is 9.72. The highest BCUT2D eigenvalue weighted by Crippen LogP contribution is 2.22. The molecule has 3 N–H and O–H groups in total. The van der Waals surface area contributed by atoms with Crippen LogP contribution in [0.4, 0.5) is 10.1 Å². The highest BCUT2D eigenvalue weighted by molar-refractivity contribution is 6.16.